The fourth-order valence-corrected chi connectivity index (χ4v) is 3.39. The number of carbonyl (C=O) groups excluding carboxylic acids is 1. The number of rotatable bonds is 4. The van der Waals surface area contributed by atoms with Gasteiger partial charge in [0.05, 0.1) is 5.56 Å². The molecule has 1 aliphatic rings. The van der Waals surface area contributed by atoms with Gasteiger partial charge in [0.2, 0.25) is 0 Å². The molecule has 0 spiro atoms. The van der Waals surface area contributed by atoms with Crippen LogP contribution >= 0.6 is 0 Å². The molecule has 132 valence electrons. The Hall–Kier alpha value is -2.43. The number of halogens is 2. The Bertz CT molecular complexity index is 763. The van der Waals surface area contributed by atoms with Crippen molar-refractivity contribution in [3.05, 3.63) is 65.2 Å². The second-order valence-electron chi connectivity index (χ2n) is 6.55. The summed E-state index contributed by atoms with van der Waals surface area (Å²) >= 11 is 0. The van der Waals surface area contributed by atoms with E-state index in [9.17, 15) is 18.7 Å². The summed E-state index contributed by atoms with van der Waals surface area (Å²) in [6.45, 7) is 1.25. The number of carbonyl (C=O) groups is 1. The van der Waals surface area contributed by atoms with Gasteiger partial charge in [-0.3, -0.25) is 4.79 Å². The molecule has 5 heteroatoms. The highest BCUT2D eigenvalue weighted by Crippen LogP contribution is 2.25. The first-order chi connectivity index (χ1) is 12.0. The molecule has 2 aromatic rings. The number of hydrogen-bond acceptors (Lipinski definition) is 2. The zero-order chi connectivity index (χ0) is 17.8. The minimum Gasteiger partial charge on any atom is -0.507 e. The first-order valence-electron chi connectivity index (χ1n) is 8.56. The Morgan fingerprint density at radius 3 is 2.76 bits per heavy atom. The number of likely N-dealkylation sites (tertiary alicyclic amines) is 1. The van der Waals surface area contributed by atoms with Crippen LogP contribution in [0.15, 0.2) is 42.5 Å². The first-order valence-corrected chi connectivity index (χ1v) is 8.56. The molecule has 0 aliphatic carbocycles. The quantitative estimate of drug-likeness (QED) is 0.904. The number of para-hydroxylation sites is 1. The number of nitrogens with zero attached hydrogens (tertiary/aromatic N) is 1. The monoisotopic (exact) mass is 345 g/mol. The number of hydrogen-bond donors (Lipinski definition) is 1. The highest BCUT2D eigenvalue weighted by atomic mass is 19.1. The van der Waals surface area contributed by atoms with Crippen molar-refractivity contribution < 1.29 is 18.7 Å². The summed E-state index contributed by atoms with van der Waals surface area (Å²) in [6, 6.07) is 10.2. The molecule has 1 atom stereocenters. The van der Waals surface area contributed by atoms with Crippen molar-refractivity contribution in [3.63, 3.8) is 0 Å². The second kappa shape index (κ2) is 7.64. The minimum atomic E-state index is -0.571. The van der Waals surface area contributed by atoms with Crippen molar-refractivity contribution in [3.8, 4) is 5.75 Å². The highest BCUT2D eigenvalue weighted by molar-refractivity contribution is 5.96. The number of phenolic OH excluding ortho intramolecular Hbond substituents is 1. The molecule has 0 unspecified atom stereocenters. The molecule has 3 nitrogen and oxygen atoms in total. The molecule has 2 aromatic carbocycles. The molecule has 0 radical (unpaired) electrons. The molecule has 1 aliphatic heterocycles. The average Bonchev–Trinajstić information content (AvgIpc) is 2.61. The molecular weight excluding hydrogens is 324 g/mol. The van der Waals surface area contributed by atoms with Gasteiger partial charge in [0.15, 0.2) is 0 Å². The molecule has 3 rings (SSSR count). The summed E-state index contributed by atoms with van der Waals surface area (Å²) in [5.41, 5.74) is 0.818. The third-order valence-electron chi connectivity index (χ3n) is 4.78. The Kier molecular flexibility index (Phi) is 5.31. The summed E-state index contributed by atoms with van der Waals surface area (Å²) in [7, 11) is 0. The van der Waals surface area contributed by atoms with Gasteiger partial charge >= 0.3 is 0 Å². The van der Waals surface area contributed by atoms with Crippen LogP contribution in [-0.4, -0.2) is 29.0 Å². The van der Waals surface area contributed by atoms with Gasteiger partial charge in [0.25, 0.3) is 5.91 Å². The summed E-state index contributed by atoms with van der Waals surface area (Å²) in [4.78, 5) is 14.4. The van der Waals surface area contributed by atoms with E-state index in [0.717, 1.165) is 25.3 Å². The van der Waals surface area contributed by atoms with Gasteiger partial charge in [-0.2, -0.15) is 0 Å². The Morgan fingerprint density at radius 2 is 2.00 bits per heavy atom. The van der Waals surface area contributed by atoms with Crippen LogP contribution in [0.3, 0.4) is 0 Å². The van der Waals surface area contributed by atoms with E-state index in [1.165, 1.54) is 18.2 Å². The number of aromatic hydroxyl groups is 1. The molecule has 0 bridgehead atoms. The van der Waals surface area contributed by atoms with E-state index >= 15 is 0 Å². The lowest BCUT2D eigenvalue weighted by atomic mass is 9.91. The van der Waals surface area contributed by atoms with Crippen molar-refractivity contribution in [2.75, 3.05) is 13.1 Å². The van der Waals surface area contributed by atoms with Crippen LogP contribution in [0.1, 0.15) is 35.2 Å². The molecule has 1 heterocycles. The number of amides is 1. The Morgan fingerprint density at radius 1 is 1.20 bits per heavy atom. The van der Waals surface area contributed by atoms with Gasteiger partial charge in [-0.15, -0.1) is 0 Å². The number of phenols is 1. The van der Waals surface area contributed by atoms with Gasteiger partial charge in [0.1, 0.15) is 17.4 Å². The summed E-state index contributed by atoms with van der Waals surface area (Å²) < 4.78 is 26.7. The van der Waals surface area contributed by atoms with Crippen molar-refractivity contribution in [1.29, 1.82) is 0 Å². The van der Waals surface area contributed by atoms with E-state index < -0.39 is 11.6 Å². The number of aryl methyl sites for hydroxylation is 1. The molecule has 1 N–H and O–H groups in total. The standard InChI is InChI=1S/C20H21F2NO2/c21-16-10-9-15(18(22)12-16)8-7-14-4-3-11-23(13-14)20(25)17-5-1-2-6-19(17)24/h1-2,5-6,9-10,12,14,24H,3-4,7-8,11,13H2/t14-/m1/s1. The lowest BCUT2D eigenvalue weighted by Gasteiger charge is -2.33. The minimum absolute atomic E-state index is 0.0111. The smallest absolute Gasteiger partial charge is 0.257 e. The maximum atomic E-state index is 13.7. The summed E-state index contributed by atoms with van der Waals surface area (Å²) in [5.74, 6) is -0.997. The summed E-state index contributed by atoms with van der Waals surface area (Å²) in [5, 5.41) is 9.86. The molecule has 0 aromatic heterocycles. The fourth-order valence-electron chi connectivity index (χ4n) is 3.39. The maximum Gasteiger partial charge on any atom is 0.257 e. The van der Waals surface area contributed by atoms with Crippen LogP contribution in [0.4, 0.5) is 8.78 Å². The van der Waals surface area contributed by atoms with Gasteiger partial charge in [-0.1, -0.05) is 18.2 Å². The highest BCUT2D eigenvalue weighted by Gasteiger charge is 2.25. The Balaban J connectivity index is 1.61. The third kappa shape index (κ3) is 4.16. The first kappa shape index (κ1) is 17.4. The molecule has 1 saturated heterocycles. The van der Waals surface area contributed by atoms with E-state index in [1.54, 1.807) is 23.1 Å². The van der Waals surface area contributed by atoms with Gasteiger partial charge in [-0.05, 0) is 55.4 Å². The van der Waals surface area contributed by atoms with Gasteiger partial charge in [0, 0.05) is 19.2 Å². The van der Waals surface area contributed by atoms with Crippen LogP contribution in [0, 0.1) is 17.6 Å². The second-order valence-corrected chi connectivity index (χ2v) is 6.55. The molecule has 1 amide bonds. The topological polar surface area (TPSA) is 40.5 Å². The van der Waals surface area contributed by atoms with Crippen LogP contribution in [0.2, 0.25) is 0 Å². The van der Waals surface area contributed by atoms with E-state index in [-0.39, 0.29) is 17.6 Å². The van der Waals surface area contributed by atoms with Gasteiger partial charge < -0.3 is 10.0 Å². The zero-order valence-corrected chi connectivity index (χ0v) is 13.9. The van der Waals surface area contributed by atoms with Crippen LogP contribution in [0.5, 0.6) is 5.75 Å². The van der Waals surface area contributed by atoms with Crippen LogP contribution in [-0.2, 0) is 6.42 Å². The lowest BCUT2D eigenvalue weighted by molar-refractivity contribution is 0.0665. The van der Waals surface area contributed by atoms with Crippen LogP contribution < -0.4 is 0 Å². The zero-order valence-electron chi connectivity index (χ0n) is 13.9. The van der Waals surface area contributed by atoms with Crippen LogP contribution in [0.25, 0.3) is 0 Å². The third-order valence-corrected chi connectivity index (χ3v) is 4.78. The van der Waals surface area contributed by atoms with E-state index in [0.29, 0.717) is 30.6 Å². The fraction of sp³-hybridized carbons (Fsp3) is 0.350. The maximum absolute atomic E-state index is 13.7. The molecule has 1 fully saturated rings. The van der Waals surface area contributed by atoms with E-state index in [2.05, 4.69) is 0 Å². The predicted octanol–water partition coefficient (Wildman–Crippen LogP) is 4.16. The summed E-state index contributed by atoms with van der Waals surface area (Å²) in [6.07, 6.45) is 3.13. The SMILES string of the molecule is O=C(c1ccccc1O)N1CCC[C@H](CCc2ccc(F)cc2F)C1. The van der Waals surface area contributed by atoms with Crippen molar-refractivity contribution in [2.24, 2.45) is 5.92 Å². The van der Waals surface area contributed by atoms with E-state index in [1.807, 2.05) is 0 Å². The van der Waals surface area contributed by atoms with Crippen molar-refractivity contribution >= 4 is 5.91 Å². The number of benzene rings is 2. The molecule has 0 saturated carbocycles. The number of piperidine rings is 1. The predicted molar refractivity (Wildman–Crippen MR) is 91.4 cm³/mol. The normalized spacial score (nSPS) is 17.5. The van der Waals surface area contributed by atoms with Crippen molar-refractivity contribution in [1.82, 2.24) is 4.90 Å². The van der Waals surface area contributed by atoms with E-state index in [4.69, 9.17) is 0 Å². The lowest BCUT2D eigenvalue weighted by Crippen LogP contribution is -2.40. The molecular formula is C20H21F2NO2. The average molecular weight is 345 g/mol. The largest absolute Gasteiger partial charge is 0.507 e. The Labute approximate surface area is 145 Å². The molecule has 25 heavy (non-hydrogen) atoms. The van der Waals surface area contributed by atoms with Crippen molar-refractivity contribution in [2.45, 2.75) is 25.7 Å². The van der Waals surface area contributed by atoms with Gasteiger partial charge in [-0.25, -0.2) is 8.78 Å².